The van der Waals surface area contributed by atoms with Crippen molar-refractivity contribution in [2.45, 2.75) is 52.8 Å². The summed E-state index contributed by atoms with van der Waals surface area (Å²) in [5.41, 5.74) is 11.8. The molecule has 0 aliphatic rings. The zero-order valence-electron chi connectivity index (χ0n) is 41.7. The highest BCUT2D eigenvalue weighted by atomic mass is 79.9. The van der Waals surface area contributed by atoms with Crippen molar-refractivity contribution in [3.63, 3.8) is 0 Å². The molecule has 1 atom stereocenters. The lowest BCUT2D eigenvalue weighted by Crippen LogP contribution is -2.21. The molecule has 25 heteroatoms. The first-order chi connectivity index (χ1) is 35.9. The van der Waals surface area contributed by atoms with Gasteiger partial charge in [-0.15, -0.1) is 0 Å². The normalized spacial score (nSPS) is 10.4. The van der Waals surface area contributed by atoms with Crippen molar-refractivity contribution in [3.05, 3.63) is 178 Å². The van der Waals surface area contributed by atoms with Crippen molar-refractivity contribution in [2.24, 2.45) is 0 Å². The third kappa shape index (κ3) is 23.3. The van der Waals surface area contributed by atoms with Crippen LogP contribution in [0.5, 0.6) is 0 Å². The fourth-order valence-electron chi connectivity index (χ4n) is 5.64. The number of hydrogen-bond acceptors (Lipinski definition) is 15. The summed E-state index contributed by atoms with van der Waals surface area (Å²) >= 11 is 22.3. The number of carbonyl (C=O) groups is 4. The quantitative estimate of drug-likeness (QED) is 0.0784. The summed E-state index contributed by atoms with van der Waals surface area (Å²) in [6.45, 7) is 10.3. The van der Waals surface area contributed by atoms with Gasteiger partial charge >= 0.3 is 0 Å². The zero-order valence-corrected chi connectivity index (χ0v) is 52.9. The Bertz CT molecular complexity index is 3190. The summed E-state index contributed by atoms with van der Waals surface area (Å²) < 4.78 is 31.2. The van der Waals surface area contributed by atoms with Crippen molar-refractivity contribution in [2.75, 3.05) is 25.2 Å². The Kier molecular flexibility index (Phi) is 28.6. The second-order valence-electron chi connectivity index (χ2n) is 15.3. The molecule has 76 heavy (non-hydrogen) atoms. The average molecular weight is 1460 g/mol. The number of nitrogens with zero attached hydrogens (tertiary/aromatic N) is 8. The van der Waals surface area contributed by atoms with Gasteiger partial charge in [0.05, 0.1) is 33.1 Å². The van der Waals surface area contributed by atoms with Crippen molar-refractivity contribution in [1.29, 1.82) is 0 Å². The van der Waals surface area contributed by atoms with Gasteiger partial charge in [0.25, 0.3) is 5.91 Å². The van der Waals surface area contributed by atoms with Crippen molar-refractivity contribution >= 4 is 152 Å². The van der Waals surface area contributed by atoms with Crippen LogP contribution in [0.4, 0.5) is 19.0 Å². The standard InChI is InChI=1S/C16H10BrF2N3OS.C9H8BrN3S.C8H7Br2NO.C8H8BrNO.C6H6BrN.C4H9NO2/c1-8-14(9-5-6-20-12(17)7-9)24-16(21-8)22-15(23)13-10(18)3-2-4-11(13)19;1-5-8(14-9(11)13-5)6-2-3-12-7(10)4-6;1-5(12)8(10)6-2-3-11-7(9)4-6;1-6(11)4-7-2-3-10-8(9)5-7;1-5-2-3-8-6(7)4-5;1-4(6)5(2)7-3/h2-7H,1H3,(H,21,22,23);2-4H,1H3,(H2,11,13);2-4,8H,1H3;2-3,5H,4H2,1H3;2-4H,1H3;1-3H3. The van der Waals surface area contributed by atoms with Crippen molar-refractivity contribution < 1.29 is 32.8 Å². The molecule has 3 N–H and O–H groups in total. The second kappa shape index (κ2) is 33.3. The molecule has 0 radical (unpaired) electrons. The maximum Gasteiger partial charge on any atom is 0.263 e. The largest absolute Gasteiger partial charge is 0.375 e. The van der Waals surface area contributed by atoms with Crippen LogP contribution >= 0.6 is 118 Å². The van der Waals surface area contributed by atoms with E-state index in [4.69, 9.17) is 5.73 Å². The number of benzene rings is 1. The van der Waals surface area contributed by atoms with E-state index in [2.05, 4.69) is 141 Å². The van der Waals surface area contributed by atoms with Gasteiger partial charge in [-0.25, -0.2) is 48.7 Å². The molecule has 0 spiro atoms. The van der Waals surface area contributed by atoms with Crippen LogP contribution < -0.4 is 11.1 Å². The number of hydroxylamine groups is 2. The molecule has 8 rings (SSSR count). The molecule has 0 bridgehead atoms. The zero-order chi connectivity index (χ0) is 56.6. The molecule has 0 saturated heterocycles. The Labute approximate surface area is 497 Å². The lowest BCUT2D eigenvalue weighted by molar-refractivity contribution is -0.165. The molecule has 1 aromatic carbocycles. The molecule has 400 valence electrons. The van der Waals surface area contributed by atoms with Crippen molar-refractivity contribution in [1.82, 2.24) is 40.0 Å². The van der Waals surface area contributed by atoms with Crippen LogP contribution in [0.15, 0.2) is 133 Å². The van der Waals surface area contributed by atoms with E-state index in [0.29, 0.717) is 21.8 Å². The van der Waals surface area contributed by atoms with Crippen LogP contribution in [0.2, 0.25) is 0 Å². The van der Waals surface area contributed by atoms with Gasteiger partial charge in [0.2, 0.25) is 5.91 Å². The number of aryl methyl sites for hydroxylation is 3. The minimum absolute atomic E-state index is 0.0908. The Morgan fingerprint density at radius 2 is 1.14 bits per heavy atom. The molecule has 0 fully saturated rings. The first-order valence-corrected chi connectivity index (χ1v) is 28.3. The number of rotatable bonds is 9. The van der Waals surface area contributed by atoms with E-state index >= 15 is 0 Å². The third-order valence-electron chi connectivity index (χ3n) is 9.24. The number of nitrogens with two attached hydrogens (primary N) is 1. The van der Waals surface area contributed by atoms with Gasteiger partial charge in [-0.05, 0) is 215 Å². The number of alkyl halides is 1. The predicted molar refractivity (Wildman–Crippen MR) is 317 cm³/mol. The molecule has 2 amide bonds. The number of anilines is 2. The lowest BCUT2D eigenvalue weighted by Gasteiger charge is -2.08. The topological polar surface area (TPSA) is 209 Å². The minimum Gasteiger partial charge on any atom is -0.375 e. The van der Waals surface area contributed by atoms with Gasteiger partial charge in [-0.2, -0.15) is 0 Å². The summed E-state index contributed by atoms with van der Waals surface area (Å²) in [6.07, 6.45) is 9.01. The number of pyridine rings is 5. The smallest absolute Gasteiger partial charge is 0.263 e. The maximum absolute atomic E-state index is 13.7. The molecule has 0 aliphatic heterocycles. The van der Waals surface area contributed by atoms with Gasteiger partial charge < -0.3 is 5.73 Å². The van der Waals surface area contributed by atoms with Crippen LogP contribution in [0.1, 0.15) is 64.0 Å². The van der Waals surface area contributed by atoms with Crippen LogP contribution in [-0.4, -0.2) is 77.5 Å². The molecular formula is C51H48Br6F2N10O5S2. The fraction of sp³-hybridized carbons (Fsp3) is 0.196. The number of amides is 2. The van der Waals surface area contributed by atoms with Gasteiger partial charge in [0.15, 0.2) is 10.3 Å². The van der Waals surface area contributed by atoms with E-state index in [9.17, 15) is 28.0 Å². The molecule has 8 aromatic rings. The summed E-state index contributed by atoms with van der Waals surface area (Å²) in [4.78, 5) is 78.6. The molecule has 7 heterocycles. The number of thiazole rings is 2. The second-order valence-corrected chi connectivity index (χ2v) is 22.3. The SMILES string of the molecule is CC(=O)C(Br)c1ccnc(Br)c1.CC(=O)Cc1ccnc(Br)c1.CON(C)C(C)=O.Cc1ccnc(Br)c1.Cc1nc(N)sc1-c1ccnc(Br)c1.Cc1nc(NC(=O)c2c(F)cccc2F)sc1-c1ccnc(Br)c1. The number of ketones is 2. The van der Waals surface area contributed by atoms with Crippen LogP contribution in [0.25, 0.3) is 20.9 Å². The Morgan fingerprint density at radius 1 is 0.671 bits per heavy atom. The number of nitrogens with one attached hydrogen (secondary N) is 1. The van der Waals surface area contributed by atoms with Crippen LogP contribution in [0, 0.1) is 32.4 Å². The fourth-order valence-corrected chi connectivity index (χ4v) is 9.72. The first-order valence-electron chi connectivity index (χ1n) is 21.8. The molecule has 7 aromatic heterocycles. The predicted octanol–water partition coefficient (Wildman–Crippen LogP) is 14.7. The van der Waals surface area contributed by atoms with Gasteiger partial charge in [0.1, 0.15) is 51.8 Å². The van der Waals surface area contributed by atoms with E-state index in [-0.39, 0.29) is 27.4 Å². The first kappa shape index (κ1) is 65.3. The van der Waals surface area contributed by atoms with E-state index in [1.54, 1.807) is 58.8 Å². The Balaban J connectivity index is 0.000000254. The summed E-state index contributed by atoms with van der Waals surface area (Å²) in [5, 5.41) is 4.47. The molecule has 0 aliphatic carbocycles. The van der Waals surface area contributed by atoms with Crippen molar-refractivity contribution in [3.8, 4) is 20.9 Å². The third-order valence-corrected chi connectivity index (χ3v) is 14.7. The molecule has 1 unspecified atom stereocenters. The van der Waals surface area contributed by atoms with Gasteiger partial charge in [0, 0.05) is 51.4 Å². The number of nitrogen functional groups attached to an aromatic ring is 1. The van der Waals surface area contributed by atoms with E-state index in [0.717, 1.165) is 73.3 Å². The highest BCUT2D eigenvalue weighted by Gasteiger charge is 2.20. The Hall–Kier alpha value is -4.99. The monoisotopic (exact) mass is 1460 g/mol. The number of aromatic nitrogens is 7. The Morgan fingerprint density at radius 3 is 1.55 bits per heavy atom. The minimum atomic E-state index is -0.918. The summed E-state index contributed by atoms with van der Waals surface area (Å²) in [7, 11) is 3.00. The number of Topliss-reactive ketones (excluding diaryl/α,β-unsaturated/α-hetero) is 2. The summed E-state index contributed by atoms with van der Waals surface area (Å²) in [5.74, 6) is -2.54. The van der Waals surface area contributed by atoms with Gasteiger partial charge in [-0.1, -0.05) is 44.7 Å². The van der Waals surface area contributed by atoms with Crippen LogP contribution in [0.3, 0.4) is 0 Å². The maximum atomic E-state index is 13.7. The average Bonchev–Trinajstić information content (AvgIpc) is 3.90. The lowest BCUT2D eigenvalue weighted by atomic mass is 10.1. The highest BCUT2D eigenvalue weighted by molar-refractivity contribution is 9.11. The van der Waals surface area contributed by atoms with Gasteiger partial charge in [-0.3, -0.25) is 29.3 Å². The highest BCUT2D eigenvalue weighted by Crippen LogP contribution is 2.34. The molecule has 15 nitrogen and oxygen atoms in total. The number of hydrogen-bond donors (Lipinski definition) is 2. The molecule has 0 saturated carbocycles. The van der Waals surface area contributed by atoms with Crippen LogP contribution in [-0.2, 0) is 25.6 Å². The number of carbonyl (C=O) groups excluding carboxylic acids is 4. The van der Waals surface area contributed by atoms with E-state index < -0.39 is 23.1 Å². The van der Waals surface area contributed by atoms with E-state index in [1.807, 2.05) is 74.5 Å². The summed E-state index contributed by atoms with van der Waals surface area (Å²) in [6, 6.07) is 22.1. The number of halogens is 8. The van der Waals surface area contributed by atoms with E-state index in [1.165, 1.54) is 48.3 Å². The molecular weight excluding hydrogens is 1410 g/mol.